The highest BCUT2D eigenvalue weighted by Crippen LogP contribution is 2.31. The first-order valence-electron chi connectivity index (χ1n) is 6.93. The van der Waals surface area contributed by atoms with E-state index in [4.69, 9.17) is 0 Å². The molecule has 2 aliphatic rings. The fourth-order valence-corrected chi connectivity index (χ4v) is 2.91. The second kappa shape index (κ2) is 5.88. The summed E-state index contributed by atoms with van der Waals surface area (Å²) in [6.45, 7) is 3.37. The summed E-state index contributed by atoms with van der Waals surface area (Å²) in [5, 5.41) is 5.25. The van der Waals surface area contributed by atoms with Gasteiger partial charge in [-0.3, -0.25) is 14.5 Å². The van der Waals surface area contributed by atoms with Crippen LogP contribution < -0.4 is 5.32 Å². The maximum absolute atomic E-state index is 11.9. The van der Waals surface area contributed by atoms with Crippen molar-refractivity contribution in [1.82, 2.24) is 14.8 Å². The van der Waals surface area contributed by atoms with Crippen LogP contribution in [-0.4, -0.2) is 59.3 Å². The monoisotopic (exact) mass is 294 g/mol. The van der Waals surface area contributed by atoms with Crippen LogP contribution in [0.15, 0.2) is 11.6 Å². The van der Waals surface area contributed by atoms with Gasteiger partial charge in [-0.15, -0.1) is 11.3 Å². The van der Waals surface area contributed by atoms with Crippen LogP contribution in [0.1, 0.15) is 12.8 Å². The minimum atomic E-state index is -0.0399. The number of thiazole rings is 1. The van der Waals surface area contributed by atoms with Crippen molar-refractivity contribution >= 4 is 28.3 Å². The van der Waals surface area contributed by atoms with Crippen LogP contribution in [-0.2, 0) is 9.59 Å². The molecule has 0 radical (unpaired) electrons. The lowest BCUT2D eigenvalue weighted by Gasteiger charge is -2.34. The summed E-state index contributed by atoms with van der Waals surface area (Å²) in [7, 11) is 0. The highest BCUT2D eigenvalue weighted by molar-refractivity contribution is 7.13. The number of nitrogens with one attached hydrogen (secondary N) is 1. The summed E-state index contributed by atoms with van der Waals surface area (Å²) in [4.78, 5) is 31.8. The van der Waals surface area contributed by atoms with E-state index >= 15 is 0 Å². The molecule has 0 spiro atoms. The number of carbonyl (C=O) groups excluding carboxylic acids is 2. The molecule has 0 unspecified atom stereocenters. The van der Waals surface area contributed by atoms with Crippen LogP contribution >= 0.6 is 11.3 Å². The second-order valence-corrected chi connectivity index (χ2v) is 6.16. The van der Waals surface area contributed by atoms with Gasteiger partial charge < -0.3 is 10.2 Å². The average molecular weight is 294 g/mol. The Labute approximate surface area is 121 Å². The summed E-state index contributed by atoms with van der Waals surface area (Å²) in [5.41, 5.74) is 0. The highest BCUT2D eigenvalue weighted by Gasteiger charge is 2.34. The molecule has 6 nitrogen and oxygen atoms in total. The van der Waals surface area contributed by atoms with Crippen LogP contribution in [0.3, 0.4) is 0 Å². The SMILES string of the molecule is O=C(CN1CCN(C(=O)C2CC2)CC1)Nc1nccs1. The van der Waals surface area contributed by atoms with Crippen LogP contribution in [0.25, 0.3) is 0 Å². The Bertz CT molecular complexity index is 479. The van der Waals surface area contributed by atoms with Crippen LogP contribution in [0, 0.1) is 5.92 Å². The average Bonchev–Trinajstić information content (AvgIpc) is 3.18. The van der Waals surface area contributed by atoms with Gasteiger partial charge in [0.1, 0.15) is 0 Å². The maximum Gasteiger partial charge on any atom is 0.240 e. The predicted octanol–water partition coefficient (Wildman–Crippen LogP) is 0.636. The van der Waals surface area contributed by atoms with Gasteiger partial charge in [0.25, 0.3) is 0 Å². The maximum atomic E-state index is 11.9. The van der Waals surface area contributed by atoms with Crippen molar-refractivity contribution in [3.63, 3.8) is 0 Å². The zero-order valence-corrected chi connectivity index (χ0v) is 12.1. The van der Waals surface area contributed by atoms with Crippen LogP contribution in [0.2, 0.25) is 0 Å². The molecule has 2 heterocycles. The van der Waals surface area contributed by atoms with E-state index in [1.165, 1.54) is 11.3 Å². The normalized spacial score (nSPS) is 19.9. The van der Waals surface area contributed by atoms with E-state index < -0.39 is 0 Å². The summed E-state index contributed by atoms with van der Waals surface area (Å²) < 4.78 is 0. The van der Waals surface area contributed by atoms with Gasteiger partial charge in [0, 0.05) is 43.7 Å². The van der Waals surface area contributed by atoms with Crippen LogP contribution in [0.5, 0.6) is 0 Å². The van der Waals surface area contributed by atoms with E-state index in [0.29, 0.717) is 17.6 Å². The molecule has 1 aliphatic carbocycles. The van der Waals surface area contributed by atoms with Crippen molar-refractivity contribution < 1.29 is 9.59 Å². The van der Waals surface area contributed by atoms with Gasteiger partial charge in [0.15, 0.2) is 5.13 Å². The Hall–Kier alpha value is -1.47. The first kappa shape index (κ1) is 13.5. The van der Waals surface area contributed by atoms with Crippen molar-refractivity contribution in [3.8, 4) is 0 Å². The molecule has 7 heteroatoms. The fourth-order valence-electron chi connectivity index (χ4n) is 2.36. The van der Waals surface area contributed by atoms with Gasteiger partial charge in [-0.25, -0.2) is 4.98 Å². The molecule has 1 aliphatic heterocycles. The van der Waals surface area contributed by atoms with E-state index in [9.17, 15) is 9.59 Å². The number of amides is 2. The number of piperazine rings is 1. The van der Waals surface area contributed by atoms with E-state index in [-0.39, 0.29) is 11.8 Å². The van der Waals surface area contributed by atoms with Crippen molar-refractivity contribution in [2.45, 2.75) is 12.8 Å². The molecule has 2 amide bonds. The van der Waals surface area contributed by atoms with E-state index in [1.807, 2.05) is 10.3 Å². The highest BCUT2D eigenvalue weighted by atomic mass is 32.1. The Morgan fingerprint density at radius 1 is 1.30 bits per heavy atom. The molecule has 20 heavy (non-hydrogen) atoms. The lowest BCUT2D eigenvalue weighted by atomic mass is 10.2. The van der Waals surface area contributed by atoms with Gasteiger partial charge in [-0.2, -0.15) is 0 Å². The Kier molecular flexibility index (Phi) is 3.98. The molecule has 1 aromatic heterocycles. The van der Waals surface area contributed by atoms with Crippen molar-refractivity contribution in [3.05, 3.63) is 11.6 Å². The third-order valence-corrected chi connectivity index (χ3v) is 4.34. The molecule has 1 saturated carbocycles. The number of aromatic nitrogens is 1. The Morgan fingerprint density at radius 3 is 2.65 bits per heavy atom. The first-order chi connectivity index (χ1) is 9.72. The summed E-state index contributed by atoms with van der Waals surface area (Å²) in [6, 6.07) is 0. The molecule has 0 atom stereocenters. The zero-order chi connectivity index (χ0) is 13.9. The molecular formula is C13H18N4O2S. The third kappa shape index (κ3) is 3.34. The van der Waals surface area contributed by atoms with E-state index in [0.717, 1.165) is 39.0 Å². The number of nitrogens with zero attached hydrogens (tertiary/aromatic N) is 3. The molecule has 2 fully saturated rings. The predicted molar refractivity (Wildman–Crippen MR) is 76.5 cm³/mol. The molecule has 1 aromatic rings. The second-order valence-electron chi connectivity index (χ2n) is 5.26. The quantitative estimate of drug-likeness (QED) is 0.885. The summed E-state index contributed by atoms with van der Waals surface area (Å²) in [5.74, 6) is 0.550. The van der Waals surface area contributed by atoms with Crippen LogP contribution in [0.4, 0.5) is 5.13 Å². The largest absolute Gasteiger partial charge is 0.340 e. The summed E-state index contributed by atoms with van der Waals surface area (Å²) >= 11 is 1.41. The summed E-state index contributed by atoms with van der Waals surface area (Å²) in [6.07, 6.45) is 3.77. The van der Waals surface area contributed by atoms with Crippen molar-refractivity contribution in [2.75, 3.05) is 38.0 Å². The molecule has 0 bridgehead atoms. The molecule has 0 aromatic carbocycles. The van der Waals surface area contributed by atoms with Crippen molar-refractivity contribution in [1.29, 1.82) is 0 Å². The minimum absolute atomic E-state index is 0.0399. The molecular weight excluding hydrogens is 276 g/mol. The first-order valence-corrected chi connectivity index (χ1v) is 7.81. The number of carbonyl (C=O) groups is 2. The fraction of sp³-hybridized carbons (Fsp3) is 0.615. The zero-order valence-electron chi connectivity index (χ0n) is 11.2. The van der Waals surface area contributed by atoms with Gasteiger partial charge in [-0.05, 0) is 12.8 Å². The molecule has 1 saturated heterocycles. The van der Waals surface area contributed by atoms with Gasteiger partial charge in [0.2, 0.25) is 11.8 Å². The topological polar surface area (TPSA) is 65.5 Å². The molecule has 108 valence electrons. The van der Waals surface area contributed by atoms with Gasteiger partial charge in [-0.1, -0.05) is 0 Å². The van der Waals surface area contributed by atoms with Gasteiger partial charge in [0.05, 0.1) is 6.54 Å². The number of rotatable bonds is 4. The Balaban J connectivity index is 1.41. The standard InChI is InChI=1S/C13H18N4O2S/c18-11(15-13-14-3-8-20-13)9-16-4-6-17(7-5-16)12(19)10-1-2-10/h3,8,10H,1-2,4-7,9H2,(H,14,15,18). The van der Waals surface area contributed by atoms with Crippen molar-refractivity contribution in [2.24, 2.45) is 5.92 Å². The lowest BCUT2D eigenvalue weighted by molar-refractivity contribution is -0.134. The lowest BCUT2D eigenvalue weighted by Crippen LogP contribution is -2.50. The molecule has 3 rings (SSSR count). The number of anilines is 1. The minimum Gasteiger partial charge on any atom is -0.340 e. The molecule has 1 N–H and O–H groups in total. The third-order valence-electron chi connectivity index (χ3n) is 3.66. The van der Waals surface area contributed by atoms with E-state index in [1.54, 1.807) is 6.20 Å². The van der Waals surface area contributed by atoms with Gasteiger partial charge >= 0.3 is 0 Å². The number of hydrogen-bond acceptors (Lipinski definition) is 5. The number of hydrogen-bond donors (Lipinski definition) is 1. The Morgan fingerprint density at radius 2 is 2.05 bits per heavy atom. The van der Waals surface area contributed by atoms with E-state index in [2.05, 4.69) is 15.2 Å². The smallest absolute Gasteiger partial charge is 0.240 e.